The maximum atomic E-state index is 10.6. The zero-order valence-electron chi connectivity index (χ0n) is 22.6. The number of nitrogens with zero attached hydrogens (tertiary/aromatic N) is 6. The van der Waals surface area contributed by atoms with E-state index in [-0.39, 0.29) is 0 Å². The number of carboxylic acid groups (broad SMARTS) is 1. The Hall–Kier alpha value is -5.30. The van der Waals surface area contributed by atoms with Crippen molar-refractivity contribution in [2.45, 2.75) is 6.18 Å². The van der Waals surface area contributed by atoms with Crippen LogP contribution >= 0.6 is 0 Å². The number of morpholine rings is 1. The molecule has 43 heavy (non-hydrogen) atoms. The minimum atomic E-state index is -5.08. The van der Waals surface area contributed by atoms with Crippen LogP contribution < -0.4 is 10.2 Å². The number of halogens is 3. The van der Waals surface area contributed by atoms with E-state index in [0.29, 0.717) is 5.82 Å². The lowest BCUT2D eigenvalue weighted by Crippen LogP contribution is -2.36. The number of hydrogen-bond donors (Lipinski definition) is 2. The van der Waals surface area contributed by atoms with Crippen LogP contribution in [0.5, 0.6) is 0 Å². The van der Waals surface area contributed by atoms with Crippen LogP contribution in [0.15, 0.2) is 97.6 Å². The first-order valence-electron chi connectivity index (χ1n) is 13.2. The molecule has 0 radical (unpaired) electrons. The highest BCUT2D eigenvalue weighted by molar-refractivity contribution is 5.73. The highest BCUT2D eigenvalue weighted by Gasteiger charge is 2.38. The summed E-state index contributed by atoms with van der Waals surface area (Å²) in [6, 6.07) is 26.4. The van der Waals surface area contributed by atoms with Gasteiger partial charge in [0.2, 0.25) is 0 Å². The predicted molar refractivity (Wildman–Crippen MR) is 154 cm³/mol. The number of carboxylic acids is 1. The van der Waals surface area contributed by atoms with E-state index in [1.165, 1.54) is 5.69 Å². The highest BCUT2D eigenvalue weighted by Crippen LogP contribution is 2.27. The molecule has 6 rings (SSSR count). The monoisotopic (exact) mass is 589 g/mol. The molecule has 0 unspecified atom stereocenters. The smallest absolute Gasteiger partial charge is 0.475 e. The van der Waals surface area contributed by atoms with Gasteiger partial charge in [0.15, 0.2) is 5.82 Å². The molecule has 5 aromatic rings. The van der Waals surface area contributed by atoms with Gasteiger partial charge in [-0.1, -0.05) is 18.2 Å². The number of carbonyl (C=O) groups is 1. The van der Waals surface area contributed by atoms with Crippen molar-refractivity contribution in [3.63, 3.8) is 0 Å². The summed E-state index contributed by atoms with van der Waals surface area (Å²) in [4.78, 5) is 24.5. The average Bonchev–Trinajstić information content (AvgIpc) is 3.53. The molecule has 13 heteroatoms. The fourth-order valence-electron chi connectivity index (χ4n) is 4.23. The van der Waals surface area contributed by atoms with E-state index in [1.807, 2.05) is 54.7 Å². The van der Waals surface area contributed by atoms with Gasteiger partial charge in [-0.2, -0.15) is 13.2 Å². The molecule has 0 spiro atoms. The summed E-state index contributed by atoms with van der Waals surface area (Å²) >= 11 is 0. The van der Waals surface area contributed by atoms with Crippen LogP contribution in [-0.2, 0) is 9.53 Å². The van der Waals surface area contributed by atoms with Gasteiger partial charge in [-0.15, -0.1) is 5.10 Å². The van der Waals surface area contributed by atoms with Crippen LogP contribution in [-0.4, -0.2) is 68.3 Å². The maximum Gasteiger partial charge on any atom is 0.490 e. The van der Waals surface area contributed by atoms with Crippen LogP contribution in [0.4, 0.5) is 30.4 Å². The Morgan fingerprint density at radius 1 is 0.837 bits per heavy atom. The molecule has 10 nitrogen and oxygen atoms in total. The minimum absolute atomic E-state index is 0.594. The molecule has 1 fully saturated rings. The van der Waals surface area contributed by atoms with Crippen molar-refractivity contribution in [2.75, 3.05) is 36.5 Å². The van der Waals surface area contributed by atoms with Gasteiger partial charge in [-0.05, 0) is 71.8 Å². The number of alkyl halides is 3. The van der Waals surface area contributed by atoms with Gasteiger partial charge in [0.05, 0.1) is 18.9 Å². The fourth-order valence-corrected chi connectivity index (χ4v) is 4.23. The first kappa shape index (κ1) is 29.2. The Morgan fingerprint density at radius 2 is 1.58 bits per heavy atom. The number of aromatic nitrogens is 5. The lowest BCUT2D eigenvalue weighted by Gasteiger charge is -2.29. The fraction of sp³-hybridized carbons (Fsp3) is 0.167. The molecule has 1 aliphatic rings. The van der Waals surface area contributed by atoms with Crippen molar-refractivity contribution in [3.8, 4) is 28.3 Å². The second-order valence-electron chi connectivity index (χ2n) is 9.28. The van der Waals surface area contributed by atoms with Gasteiger partial charge in [0, 0.05) is 36.9 Å². The van der Waals surface area contributed by atoms with Crippen LogP contribution in [0.25, 0.3) is 28.3 Å². The van der Waals surface area contributed by atoms with E-state index in [1.54, 1.807) is 17.2 Å². The molecule has 0 atom stereocenters. The quantitative estimate of drug-likeness (QED) is 0.261. The van der Waals surface area contributed by atoms with E-state index in [9.17, 15) is 13.2 Å². The molecule has 0 saturated carbocycles. The molecule has 4 heterocycles. The minimum Gasteiger partial charge on any atom is -0.475 e. The maximum absolute atomic E-state index is 10.6. The summed E-state index contributed by atoms with van der Waals surface area (Å²) in [6.07, 6.45) is 0.185. The van der Waals surface area contributed by atoms with Crippen LogP contribution in [0.2, 0.25) is 0 Å². The Kier molecular flexibility index (Phi) is 8.91. The van der Waals surface area contributed by atoms with E-state index in [2.05, 4.69) is 60.6 Å². The average molecular weight is 590 g/mol. The lowest BCUT2D eigenvalue weighted by atomic mass is 10.1. The van der Waals surface area contributed by atoms with Crippen molar-refractivity contribution in [1.29, 1.82) is 0 Å². The summed E-state index contributed by atoms with van der Waals surface area (Å²) in [6.45, 7) is 3.38. The van der Waals surface area contributed by atoms with E-state index >= 15 is 0 Å². The second-order valence-corrected chi connectivity index (χ2v) is 9.28. The Labute approximate surface area is 244 Å². The summed E-state index contributed by atoms with van der Waals surface area (Å²) in [5.41, 5.74) is 6.10. The number of rotatable bonds is 6. The molecule has 2 aromatic carbocycles. The molecule has 3 aromatic heterocycles. The molecular weight excluding hydrogens is 563 g/mol. The molecule has 0 aliphatic carbocycles. The van der Waals surface area contributed by atoms with E-state index < -0.39 is 12.1 Å². The van der Waals surface area contributed by atoms with Crippen LogP contribution in [0, 0.1) is 0 Å². The first-order chi connectivity index (χ1) is 20.8. The van der Waals surface area contributed by atoms with Crippen molar-refractivity contribution >= 4 is 23.2 Å². The topological polar surface area (TPSA) is 118 Å². The standard InChI is InChI=1S/C28H25N7O.C2HF3O2/c1-2-12-29-26(6-1)28-31-20-35(33-28)24-9-7-23(8-10-24)32-27-19-22(11-13-30-27)21-4-3-5-25(18-21)34-14-16-36-17-15-34;3-2(4,5)1(6)7/h1-13,18-20H,14-17H2,(H,30,32);(H,6,7). The number of ether oxygens (including phenoxy) is 1. The van der Waals surface area contributed by atoms with Gasteiger partial charge >= 0.3 is 12.1 Å². The van der Waals surface area contributed by atoms with Crippen molar-refractivity contribution in [3.05, 3.63) is 97.6 Å². The molecule has 220 valence electrons. The van der Waals surface area contributed by atoms with Crippen LogP contribution in [0.1, 0.15) is 0 Å². The molecule has 1 saturated heterocycles. The largest absolute Gasteiger partial charge is 0.490 e. The number of hydrogen-bond acceptors (Lipinski definition) is 8. The predicted octanol–water partition coefficient (Wildman–Crippen LogP) is 5.60. The van der Waals surface area contributed by atoms with Gasteiger partial charge in [0.1, 0.15) is 17.8 Å². The summed E-state index contributed by atoms with van der Waals surface area (Å²) in [5.74, 6) is -1.38. The number of anilines is 3. The lowest BCUT2D eigenvalue weighted by molar-refractivity contribution is -0.192. The Balaban J connectivity index is 0.000000472. The third-order valence-corrected chi connectivity index (χ3v) is 6.35. The molecule has 0 amide bonds. The van der Waals surface area contributed by atoms with Gasteiger partial charge in [-0.25, -0.2) is 19.4 Å². The highest BCUT2D eigenvalue weighted by atomic mass is 19.4. The molecular formula is C30H26F3N7O3. The van der Waals surface area contributed by atoms with Crippen molar-refractivity contribution < 1.29 is 27.8 Å². The summed E-state index contributed by atoms with van der Waals surface area (Å²) in [5, 5.41) is 15.1. The molecule has 2 N–H and O–H groups in total. The normalized spacial score (nSPS) is 13.1. The van der Waals surface area contributed by atoms with E-state index in [4.69, 9.17) is 14.6 Å². The van der Waals surface area contributed by atoms with Crippen LogP contribution in [0.3, 0.4) is 0 Å². The summed E-state index contributed by atoms with van der Waals surface area (Å²) < 4.78 is 39.0. The Bertz CT molecular complexity index is 1660. The zero-order chi connectivity index (χ0) is 30.2. The number of aliphatic carboxylic acids is 1. The molecule has 0 bridgehead atoms. The Morgan fingerprint density at radius 3 is 2.28 bits per heavy atom. The molecule has 1 aliphatic heterocycles. The van der Waals surface area contributed by atoms with Gasteiger partial charge in [0.25, 0.3) is 0 Å². The first-order valence-corrected chi connectivity index (χ1v) is 13.2. The van der Waals surface area contributed by atoms with Gasteiger partial charge in [-0.3, -0.25) is 4.98 Å². The number of benzene rings is 2. The SMILES string of the molecule is O=C(O)C(F)(F)F.c1ccc(-c2ncn(-c3ccc(Nc4cc(-c5cccc(N6CCOCC6)c5)ccn4)cc3)n2)nc1. The van der Waals surface area contributed by atoms with Crippen molar-refractivity contribution in [1.82, 2.24) is 24.7 Å². The number of nitrogens with one attached hydrogen (secondary N) is 1. The van der Waals surface area contributed by atoms with Crippen molar-refractivity contribution in [2.24, 2.45) is 0 Å². The number of pyridine rings is 2. The second kappa shape index (κ2) is 13.1. The van der Waals surface area contributed by atoms with Gasteiger partial charge < -0.3 is 20.1 Å². The zero-order valence-corrected chi connectivity index (χ0v) is 22.6. The summed E-state index contributed by atoms with van der Waals surface area (Å²) in [7, 11) is 0. The third-order valence-electron chi connectivity index (χ3n) is 6.35. The van der Waals surface area contributed by atoms with E-state index in [0.717, 1.165) is 60.3 Å². The third kappa shape index (κ3) is 7.71.